The van der Waals surface area contributed by atoms with E-state index in [0.29, 0.717) is 12.0 Å². The molecular weight excluding hydrogens is 138 g/mol. The fraction of sp³-hybridized carbons (Fsp3) is 1.00. The van der Waals surface area contributed by atoms with Crippen LogP contribution in [0.4, 0.5) is 0 Å². The summed E-state index contributed by atoms with van der Waals surface area (Å²) in [6, 6.07) is 0. The third-order valence-corrected chi connectivity index (χ3v) is 2.53. The Hall–Kier alpha value is -0.0800. The molecule has 2 atom stereocenters. The van der Waals surface area contributed by atoms with Crippen molar-refractivity contribution < 1.29 is 4.74 Å². The summed E-state index contributed by atoms with van der Waals surface area (Å²) < 4.78 is 5.53. The molecule has 0 amide bonds. The second-order valence-electron chi connectivity index (χ2n) is 3.38. The minimum absolute atomic E-state index is 0.517. The predicted molar refractivity (Wildman–Crippen MR) is 46.4 cm³/mol. The smallest absolute Gasteiger partial charge is 0.0579 e. The molecule has 2 unspecified atom stereocenters. The van der Waals surface area contributed by atoms with Crippen LogP contribution in [0.25, 0.3) is 0 Å². The predicted octanol–water partition coefficient (Wildman–Crippen LogP) is 1.54. The van der Waals surface area contributed by atoms with Crippen molar-refractivity contribution in [1.82, 2.24) is 0 Å². The van der Waals surface area contributed by atoms with Crippen LogP contribution in [0.1, 0.15) is 32.6 Å². The Morgan fingerprint density at radius 2 is 2.45 bits per heavy atom. The summed E-state index contributed by atoms with van der Waals surface area (Å²) in [4.78, 5) is 0. The molecule has 1 rings (SSSR count). The minimum atomic E-state index is 0.517. The molecule has 0 aliphatic carbocycles. The van der Waals surface area contributed by atoms with Crippen LogP contribution in [0.2, 0.25) is 0 Å². The van der Waals surface area contributed by atoms with Gasteiger partial charge in [-0.15, -0.1) is 0 Å². The molecule has 1 saturated heterocycles. The third-order valence-electron chi connectivity index (χ3n) is 2.53. The van der Waals surface area contributed by atoms with Crippen LogP contribution in [-0.4, -0.2) is 19.3 Å². The number of ether oxygens (including phenoxy) is 1. The molecule has 2 nitrogen and oxygen atoms in total. The van der Waals surface area contributed by atoms with Gasteiger partial charge in [0.1, 0.15) is 0 Å². The zero-order valence-corrected chi connectivity index (χ0v) is 7.38. The molecule has 1 heterocycles. The summed E-state index contributed by atoms with van der Waals surface area (Å²) in [7, 11) is 0. The highest BCUT2D eigenvalue weighted by atomic mass is 16.5. The highest BCUT2D eigenvalue weighted by molar-refractivity contribution is 4.69. The average Bonchev–Trinajstić information content (AvgIpc) is 2.52. The molecule has 66 valence electrons. The highest BCUT2D eigenvalue weighted by Crippen LogP contribution is 2.20. The highest BCUT2D eigenvalue weighted by Gasteiger charge is 2.18. The van der Waals surface area contributed by atoms with Gasteiger partial charge in [0.25, 0.3) is 0 Å². The molecule has 1 fully saturated rings. The van der Waals surface area contributed by atoms with Crippen LogP contribution in [0.15, 0.2) is 0 Å². The van der Waals surface area contributed by atoms with Crippen molar-refractivity contribution in [3.63, 3.8) is 0 Å². The quantitative estimate of drug-likeness (QED) is 0.672. The molecule has 0 aromatic carbocycles. The van der Waals surface area contributed by atoms with Gasteiger partial charge in [0.15, 0.2) is 0 Å². The molecule has 0 bridgehead atoms. The first kappa shape index (κ1) is 9.01. The first-order valence-corrected chi connectivity index (χ1v) is 4.68. The maximum atomic E-state index is 5.61. The van der Waals surface area contributed by atoms with Crippen LogP contribution in [-0.2, 0) is 4.74 Å². The van der Waals surface area contributed by atoms with Crippen molar-refractivity contribution in [2.45, 2.75) is 38.7 Å². The van der Waals surface area contributed by atoms with Crippen LogP contribution < -0.4 is 5.73 Å². The van der Waals surface area contributed by atoms with Gasteiger partial charge >= 0.3 is 0 Å². The van der Waals surface area contributed by atoms with Crippen molar-refractivity contribution >= 4 is 0 Å². The lowest BCUT2D eigenvalue weighted by molar-refractivity contribution is 0.0899. The van der Waals surface area contributed by atoms with Gasteiger partial charge in [-0.3, -0.25) is 0 Å². The van der Waals surface area contributed by atoms with E-state index in [-0.39, 0.29) is 0 Å². The summed E-state index contributed by atoms with van der Waals surface area (Å²) in [6.45, 7) is 3.98. The second kappa shape index (κ2) is 4.73. The van der Waals surface area contributed by atoms with Gasteiger partial charge in [-0.25, -0.2) is 0 Å². The van der Waals surface area contributed by atoms with E-state index in [1.54, 1.807) is 0 Å². The fourth-order valence-corrected chi connectivity index (χ4v) is 1.63. The maximum Gasteiger partial charge on any atom is 0.0579 e. The normalized spacial score (nSPS) is 27.3. The van der Waals surface area contributed by atoms with Crippen LogP contribution in [0.5, 0.6) is 0 Å². The van der Waals surface area contributed by atoms with Gasteiger partial charge in [0.2, 0.25) is 0 Å². The van der Waals surface area contributed by atoms with Crippen molar-refractivity contribution in [2.24, 2.45) is 11.7 Å². The lowest BCUT2D eigenvalue weighted by Crippen LogP contribution is -2.19. The fourth-order valence-electron chi connectivity index (χ4n) is 1.63. The van der Waals surface area contributed by atoms with E-state index in [1.807, 2.05) is 0 Å². The zero-order valence-electron chi connectivity index (χ0n) is 7.38. The van der Waals surface area contributed by atoms with Crippen LogP contribution >= 0.6 is 0 Å². The number of hydrogen-bond acceptors (Lipinski definition) is 2. The monoisotopic (exact) mass is 157 g/mol. The molecule has 0 aromatic heterocycles. The van der Waals surface area contributed by atoms with E-state index >= 15 is 0 Å². The Balaban J connectivity index is 2.16. The van der Waals surface area contributed by atoms with E-state index in [1.165, 1.54) is 25.7 Å². The van der Waals surface area contributed by atoms with Gasteiger partial charge < -0.3 is 10.5 Å². The second-order valence-corrected chi connectivity index (χ2v) is 3.38. The van der Waals surface area contributed by atoms with Crippen molar-refractivity contribution in [2.75, 3.05) is 13.2 Å². The average molecular weight is 157 g/mol. The molecule has 0 radical (unpaired) electrons. The minimum Gasteiger partial charge on any atom is -0.378 e. The molecule has 1 aliphatic rings. The SMILES string of the molecule is CCC(CN)CC1CCCO1. The first-order chi connectivity index (χ1) is 5.36. The Labute approximate surface area is 69.1 Å². The molecule has 0 spiro atoms. The van der Waals surface area contributed by atoms with E-state index in [4.69, 9.17) is 10.5 Å². The maximum absolute atomic E-state index is 5.61. The number of hydrogen-bond donors (Lipinski definition) is 1. The molecule has 0 saturated carbocycles. The summed E-state index contributed by atoms with van der Waals surface area (Å²) in [5.74, 6) is 0.679. The molecule has 0 aromatic rings. The Bertz CT molecular complexity index is 95.7. The summed E-state index contributed by atoms with van der Waals surface area (Å²) in [5.41, 5.74) is 5.61. The van der Waals surface area contributed by atoms with Gasteiger partial charge in [-0.05, 0) is 31.7 Å². The molecule has 2 N–H and O–H groups in total. The topological polar surface area (TPSA) is 35.2 Å². The first-order valence-electron chi connectivity index (χ1n) is 4.68. The Morgan fingerprint density at radius 1 is 1.64 bits per heavy atom. The molecule has 1 aliphatic heterocycles. The van der Waals surface area contributed by atoms with E-state index in [2.05, 4.69) is 6.92 Å². The van der Waals surface area contributed by atoms with Gasteiger partial charge in [0.05, 0.1) is 6.10 Å². The molecule has 2 heteroatoms. The van der Waals surface area contributed by atoms with Gasteiger partial charge in [0, 0.05) is 6.61 Å². The van der Waals surface area contributed by atoms with Gasteiger partial charge in [-0.1, -0.05) is 13.3 Å². The molecule has 11 heavy (non-hydrogen) atoms. The summed E-state index contributed by atoms with van der Waals surface area (Å²) in [6.07, 6.45) is 5.37. The number of rotatable bonds is 4. The number of nitrogens with two attached hydrogens (primary N) is 1. The third kappa shape index (κ3) is 2.80. The lowest BCUT2D eigenvalue weighted by atomic mass is 9.98. The zero-order chi connectivity index (χ0) is 8.10. The largest absolute Gasteiger partial charge is 0.378 e. The van der Waals surface area contributed by atoms with Crippen molar-refractivity contribution in [3.05, 3.63) is 0 Å². The van der Waals surface area contributed by atoms with Crippen LogP contribution in [0, 0.1) is 5.92 Å². The lowest BCUT2D eigenvalue weighted by Gasteiger charge is -2.16. The summed E-state index contributed by atoms with van der Waals surface area (Å²) >= 11 is 0. The standard InChI is InChI=1S/C9H19NO/c1-2-8(7-10)6-9-4-3-5-11-9/h8-9H,2-7,10H2,1H3. The molecular formula is C9H19NO. The van der Waals surface area contributed by atoms with Crippen molar-refractivity contribution in [1.29, 1.82) is 0 Å². The van der Waals surface area contributed by atoms with Crippen LogP contribution in [0.3, 0.4) is 0 Å². The Morgan fingerprint density at radius 3 is 2.91 bits per heavy atom. The van der Waals surface area contributed by atoms with E-state index in [0.717, 1.165) is 13.2 Å². The van der Waals surface area contributed by atoms with E-state index in [9.17, 15) is 0 Å². The van der Waals surface area contributed by atoms with E-state index < -0.39 is 0 Å². The van der Waals surface area contributed by atoms with Gasteiger partial charge in [-0.2, -0.15) is 0 Å². The van der Waals surface area contributed by atoms with Crippen molar-refractivity contribution in [3.8, 4) is 0 Å². The summed E-state index contributed by atoms with van der Waals surface area (Å²) in [5, 5.41) is 0. The Kier molecular flexibility index (Phi) is 3.87.